The predicted octanol–water partition coefficient (Wildman–Crippen LogP) is 4.26. The van der Waals surface area contributed by atoms with Crippen LogP contribution in [0.3, 0.4) is 0 Å². The van der Waals surface area contributed by atoms with Crippen molar-refractivity contribution in [1.29, 1.82) is 0 Å². The Morgan fingerprint density at radius 3 is 2.38 bits per heavy atom. The fourth-order valence-electron chi connectivity index (χ4n) is 3.78. The Bertz CT molecular complexity index is 1180. The van der Waals surface area contributed by atoms with Crippen molar-refractivity contribution >= 4 is 28.5 Å². The first kappa shape index (κ1) is 22.0. The third kappa shape index (κ3) is 4.38. The molecule has 0 spiro atoms. The molecule has 4 rings (SSSR count). The van der Waals surface area contributed by atoms with Gasteiger partial charge in [-0.3, -0.25) is 9.59 Å². The first-order valence-corrected chi connectivity index (χ1v) is 11.1. The molecule has 1 N–H and O–H groups in total. The van der Waals surface area contributed by atoms with Crippen molar-refractivity contribution in [3.63, 3.8) is 0 Å². The van der Waals surface area contributed by atoms with Gasteiger partial charge in [-0.1, -0.05) is 12.1 Å². The van der Waals surface area contributed by atoms with Crippen molar-refractivity contribution in [2.45, 2.75) is 58.4 Å². The maximum absolute atomic E-state index is 13.3. The van der Waals surface area contributed by atoms with Gasteiger partial charge >= 0.3 is 0 Å². The average Bonchev–Trinajstić information content (AvgIpc) is 3.51. The van der Waals surface area contributed by atoms with Gasteiger partial charge in [-0.15, -0.1) is 0 Å². The van der Waals surface area contributed by atoms with Crippen molar-refractivity contribution in [2.24, 2.45) is 0 Å². The number of nitrogens with zero attached hydrogens (tertiary/aromatic N) is 4. The molecule has 1 saturated carbocycles. The van der Waals surface area contributed by atoms with E-state index in [2.05, 4.69) is 26.1 Å². The molecule has 1 aliphatic carbocycles. The van der Waals surface area contributed by atoms with E-state index in [1.165, 1.54) is 0 Å². The molecule has 1 aromatic carbocycles. The lowest BCUT2D eigenvalue weighted by atomic mass is 10.1. The fraction of sp³-hybridized carbons (Fsp3) is 0.440. The van der Waals surface area contributed by atoms with E-state index in [0.29, 0.717) is 23.6 Å². The van der Waals surface area contributed by atoms with E-state index in [0.717, 1.165) is 40.8 Å². The summed E-state index contributed by atoms with van der Waals surface area (Å²) in [6.07, 6.45) is 2.55. The number of aryl methyl sites for hydroxylation is 1. The number of benzene rings is 1. The molecule has 7 nitrogen and oxygen atoms in total. The lowest BCUT2D eigenvalue weighted by Gasteiger charge is -2.20. The summed E-state index contributed by atoms with van der Waals surface area (Å²) in [6, 6.07) is 9.35. The summed E-state index contributed by atoms with van der Waals surface area (Å²) >= 11 is 0. The Balaban J connectivity index is 1.66. The Kier molecular flexibility index (Phi) is 5.53. The molecular formula is C25H31N5O2. The highest BCUT2D eigenvalue weighted by molar-refractivity contribution is 6.12. The summed E-state index contributed by atoms with van der Waals surface area (Å²) in [4.78, 5) is 31.8. The largest absolute Gasteiger partial charge is 0.349 e. The standard InChI is InChI=1S/C25H31N5O2/c1-15-22-19(14-20(17-9-10-17)27-23(22)30(28-15)25(2,3)4)24(32)26-18-11-7-16(8-12-18)13-21(31)29(5)6/h7-8,11-12,14,17H,9-10,13H2,1-6H3,(H,26,32). The highest BCUT2D eigenvalue weighted by Gasteiger charge is 2.30. The second kappa shape index (κ2) is 8.04. The van der Waals surface area contributed by atoms with Crippen LogP contribution in [-0.2, 0) is 16.8 Å². The summed E-state index contributed by atoms with van der Waals surface area (Å²) < 4.78 is 1.93. The van der Waals surface area contributed by atoms with E-state index in [4.69, 9.17) is 10.1 Å². The Labute approximate surface area is 188 Å². The highest BCUT2D eigenvalue weighted by Crippen LogP contribution is 2.41. The van der Waals surface area contributed by atoms with Crippen molar-refractivity contribution < 1.29 is 9.59 Å². The molecule has 2 aromatic heterocycles. The summed E-state index contributed by atoms with van der Waals surface area (Å²) in [5.74, 6) is 0.288. The van der Waals surface area contributed by atoms with Crippen LogP contribution in [0.1, 0.15) is 66.8 Å². The van der Waals surface area contributed by atoms with E-state index in [9.17, 15) is 9.59 Å². The number of hydrogen-bond acceptors (Lipinski definition) is 4. The first-order chi connectivity index (χ1) is 15.0. The lowest BCUT2D eigenvalue weighted by Crippen LogP contribution is -2.24. The van der Waals surface area contributed by atoms with Gasteiger partial charge in [-0.05, 0) is 64.3 Å². The summed E-state index contributed by atoms with van der Waals surface area (Å²) in [6.45, 7) is 8.20. The van der Waals surface area contributed by atoms with Gasteiger partial charge in [0, 0.05) is 31.4 Å². The number of anilines is 1. The SMILES string of the molecule is Cc1nn(C(C)(C)C)c2nc(C3CC3)cc(C(=O)Nc3ccc(CC(=O)N(C)C)cc3)c12. The second-order valence-electron chi connectivity index (χ2n) is 9.85. The summed E-state index contributed by atoms with van der Waals surface area (Å²) in [5, 5.41) is 8.54. The minimum absolute atomic E-state index is 0.0416. The Hall–Kier alpha value is -3.22. The number of carbonyl (C=O) groups is 2. The smallest absolute Gasteiger partial charge is 0.256 e. The van der Waals surface area contributed by atoms with Crippen LogP contribution in [0.4, 0.5) is 5.69 Å². The predicted molar refractivity (Wildman–Crippen MR) is 126 cm³/mol. The van der Waals surface area contributed by atoms with E-state index >= 15 is 0 Å². The second-order valence-corrected chi connectivity index (χ2v) is 9.85. The van der Waals surface area contributed by atoms with E-state index in [1.807, 2.05) is 41.9 Å². The molecule has 32 heavy (non-hydrogen) atoms. The quantitative estimate of drug-likeness (QED) is 0.652. The molecule has 7 heteroatoms. The zero-order chi connectivity index (χ0) is 23.2. The topological polar surface area (TPSA) is 80.1 Å². The van der Waals surface area contributed by atoms with E-state index in [1.54, 1.807) is 19.0 Å². The molecule has 2 amide bonds. The molecule has 1 aliphatic rings. The average molecular weight is 434 g/mol. The highest BCUT2D eigenvalue weighted by atomic mass is 16.2. The zero-order valence-corrected chi connectivity index (χ0v) is 19.7. The van der Waals surface area contributed by atoms with Crippen LogP contribution in [-0.4, -0.2) is 45.6 Å². The molecule has 1 fully saturated rings. The van der Waals surface area contributed by atoms with Crippen LogP contribution in [0.2, 0.25) is 0 Å². The van der Waals surface area contributed by atoms with Crippen molar-refractivity contribution in [3.05, 3.63) is 52.8 Å². The van der Waals surface area contributed by atoms with Gasteiger partial charge in [0.25, 0.3) is 5.91 Å². The van der Waals surface area contributed by atoms with Crippen LogP contribution in [0.25, 0.3) is 11.0 Å². The summed E-state index contributed by atoms with van der Waals surface area (Å²) in [7, 11) is 3.48. The van der Waals surface area contributed by atoms with E-state index in [-0.39, 0.29) is 17.4 Å². The molecule has 3 aromatic rings. The molecule has 0 unspecified atom stereocenters. The van der Waals surface area contributed by atoms with Gasteiger partial charge in [0.05, 0.1) is 28.6 Å². The number of rotatable bonds is 5. The van der Waals surface area contributed by atoms with Crippen LogP contribution in [0.15, 0.2) is 30.3 Å². The Morgan fingerprint density at radius 1 is 1.16 bits per heavy atom. The van der Waals surface area contributed by atoms with Crippen molar-refractivity contribution in [2.75, 3.05) is 19.4 Å². The molecule has 0 radical (unpaired) electrons. The van der Waals surface area contributed by atoms with E-state index < -0.39 is 0 Å². The normalized spacial score (nSPS) is 13.9. The van der Waals surface area contributed by atoms with Crippen molar-refractivity contribution in [3.8, 4) is 0 Å². The minimum atomic E-state index is -0.241. The van der Waals surface area contributed by atoms with Crippen LogP contribution < -0.4 is 5.32 Å². The van der Waals surface area contributed by atoms with Crippen LogP contribution in [0, 0.1) is 6.92 Å². The number of pyridine rings is 1. The van der Waals surface area contributed by atoms with Gasteiger partial charge in [0.1, 0.15) is 0 Å². The molecule has 2 heterocycles. The number of aromatic nitrogens is 3. The number of likely N-dealkylation sites (N-methyl/N-ethyl adjacent to an activating group) is 1. The first-order valence-electron chi connectivity index (χ1n) is 11.1. The van der Waals surface area contributed by atoms with Gasteiger partial charge in [0.2, 0.25) is 5.91 Å². The molecular weight excluding hydrogens is 402 g/mol. The zero-order valence-electron chi connectivity index (χ0n) is 19.7. The Morgan fingerprint density at radius 2 is 1.81 bits per heavy atom. The van der Waals surface area contributed by atoms with Gasteiger partial charge < -0.3 is 10.2 Å². The minimum Gasteiger partial charge on any atom is -0.349 e. The molecule has 0 bridgehead atoms. The number of hydrogen-bond donors (Lipinski definition) is 1. The van der Waals surface area contributed by atoms with Crippen LogP contribution in [0.5, 0.6) is 0 Å². The number of carbonyl (C=O) groups excluding carboxylic acids is 2. The number of fused-ring (bicyclic) bond motifs is 1. The maximum atomic E-state index is 13.3. The van der Waals surface area contributed by atoms with Gasteiger partial charge in [0.15, 0.2) is 5.65 Å². The van der Waals surface area contributed by atoms with Gasteiger partial charge in [-0.2, -0.15) is 5.10 Å². The van der Waals surface area contributed by atoms with Crippen LogP contribution >= 0.6 is 0 Å². The number of nitrogens with one attached hydrogen (secondary N) is 1. The number of amides is 2. The molecule has 0 atom stereocenters. The molecule has 168 valence electrons. The van der Waals surface area contributed by atoms with Crippen molar-refractivity contribution in [1.82, 2.24) is 19.7 Å². The molecule has 0 saturated heterocycles. The maximum Gasteiger partial charge on any atom is 0.256 e. The third-order valence-corrected chi connectivity index (χ3v) is 5.77. The summed E-state index contributed by atoms with van der Waals surface area (Å²) in [5.41, 5.74) is 4.49. The third-order valence-electron chi connectivity index (χ3n) is 5.77. The lowest BCUT2D eigenvalue weighted by molar-refractivity contribution is -0.127. The molecule has 0 aliphatic heterocycles. The van der Waals surface area contributed by atoms with Gasteiger partial charge in [-0.25, -0.2) is 9.67 Å². The fourth-order valence-corrected chi connectivity index (χ4v) is 3.78. The monoisotopic (exact) mass is 433 g/mol.